The third kappa shape index (κ3) is 2.95. The average Bonchev–Trinajstić information content (AvgIpc) is 2.93. The van der Waals surface area contributed by atoms with E-state index in [1.165, 1.54) is 18.7 Å². The number of benzene rings is 1. The molecule has 1 aromatic rings. The Balaban J connectivity index is 2.14. The van der Waals surface area contributed by atoms with Gasteiger partial charge in [0.1, 0.15) is 34.5 Å². The van der Waals surface area contributed by atoms with E-state index in [1.54, 1.807) is 20.3 Å². The van der Waals surface area contributed by atoms with Gasteiger partial charge in [-0.25, -0.2) is 0 Å². The summed E-state index contributed by atoms with van der Waals surface area (Å²) in [7, 11) is 3.16. The molecule has 0 radical (unpaired) electrons. The number of methoxy groups -OCH3 is 2. The topological polar surface area (TPSA) is 54.0 Å². The fourth-order valence-electron chi connectivity index (χ4n) is 4.16. The Kier molecular flexibility index (Phi) is 5.40. The van der Waals surface area contributed by atoms with Crippen LogP contribution in [-0.4, -0.2) is 42.3 Å². The second-order valence-corrected chi connectivity index (χ2v) is 8.19. The number of ketones is 1. The molecule has 5 nitrogen and oxygen atoms in total. The Morgan fingerprint density at radius 3 is 2.58 bits per heavy atom. The molecule has 0 aromatic heterocycles. The van der Waals surface area contributed by atoms with Crippen LogP contribution in [0.3, 0.4) is 0 Å². The van der Waals surface area contributed by atoms with Crippen LogP contribution in [0.1, 0.15) is 54.9 Å². The van der Waals surface area contributed by atoms with E-state index in [0.29, 0.717) is 27.2 Å². The Morgan fingerprint density at radius 1 is 1.31 bits per heavy atom. The number of carbonyl (C=O) groups excluding carboxylic acids is 1. The van der Waals surface area contributed by atoms with Crippen LogP contribution in [-0.2, 0) is 4.74 Å². The Labute approximate surface area is 163 Å². The molecular formula is C19H24O5S2. The highest BCUT2D eigenvalue weighted by Gasteiger charge is 2.56. The molecule has 3 rings (SSSR count). The molecule has 0 N–H and O–H groups in total. The van der Waals surface area contributed by atoms with E-state index in [1.807, 2.05) is 13.2 Å². The van der Waals surface area contributed by atoms with Crippen LogP contribution in [0.25, 0.3) is 0 Å². The number of thioether (sulfide) groups is 1. The van der Waals surface area contributed by atoms with Crippen molar-refractivity contribution in [2.75, 3.05) is 20.5 Å². The summed E-state index contributed by atoms with van der Waals surface area (Å²) in [6.07, 6.45) is 4.52. The van der Waals surface area contributed by atoms with Crippen molar-refractivity contribution in [3.05, 3.63) is 17.2 Å². The largest absolute Gasteiger partial charge is 0.496 e. The zero-order chi connectivity index (χ0) is 19.1. The van der Waals surface area contributed by atoms with E-state index >= 15 is 0 Å². The lowest BCUT2D eigenvalue weighted by atomic mass is 9.72. The maximum Gasteiger partial charge on any atom is 0.220 e. The number of carbonyl (C=O) groups is 1. The Hall–Kier alpha value is -1.47. The van der Waals surface area contributed by atoms with Crippen LogP contribution in [0.4, 0.5) is 0 Å². The van der Waals surface area contributed by atoms with Crippen molar-refractivity contribution in [1.29, 1.82) is 0 Å². The summed E-state index contributed by atoms with van der Waals surface area (Å²) in [6, 6.07) is 1.78. The van der Waals surface area contributed by atoms with Crippen LogP contribution in [0.15, 0.2) is 6.07 Å². The standard InChI is InChI=1S/C19H24O5S2/c1-10(20)15-12(21-3)9-13(22-4)16-11-7-6-8-14(23-18(25)26-5)19(11,2)24-17(15)16/h9,11,14H,6-8H2,1-5H3/t11-,14?,19+/m0/s1. The molecule has 1 aliphatic carbocycles. The van der Waals surface area contributed by atoms with Crippen LogP contribution < -0.4 is 14.2 Å². The van der Waals surface area contributed by atoms with Crippen LogP contribution in [0.2, 0.25) is 0 Å². The van der Waals surface area contributed by atoms with Crippen LogP contribution >= 0.6 is 24.0 Å². The van der Waals surface area contributed by atoms with Crippen LogP contribution in [0, 0.1) is 0 Å². The molecule has 142 valence electrons. The fraction of sp³-hybridized carbons (Fsp3) is 0.579. The molecule has 26 heavy (non-hydrogen) atoms. The van der Waals surface area contributed by atoms with Gasteiger partial charge in [-0.05, 0) is 51.6 Å². The summed E-state index contributed by atoms with van der Waals surface area (Å²) in [5, 5.41) is 0. The maximum absolute atomic E-state index is 12.3. The van der Waals surface area contributed by atoms with Gasteiger partial charge in [-0.1, -0.05) is 11.8 Å². The molecule has 0 saturated heterocycles. The Bertz CT molecular complexity index is 748. The lowest BCUT2D eigenvalue weighted by Crippen LogP contribution is -2.50. The van der Waals surface area contributed by atoms with E-state index in [9.17, 15) is 4.79 Å². The van der Waals surface area contributed by atoms with Gasteiger partial charge >= 0.3 is 0 Å². The lowest BCUT2D eigenvalue weighted by molar-refractivity contribution is -0.0552. The first-order valence-corrected chi connectivity index (χ1v) is 10.2. The SMILES string of the molecule is COc1cc(OC)c2c(c1C(C)=O)O[C@@]1(C)C(OC(=S)SC)CCC[C@@H]21. The predicted octanol–water partition coefficient (Wildman–Crippen LogP) is 4.36. The molecule has 1 unspecified atom stereocenters. The normalized spacial score (nSPS) is 26.3. The zero-order valence-corrected chi connectivity index (χ0v) is 17.3. The number of rotatable bonds is 4. The summed E-state index contributed by atoms with van der Waals surface area (Å²) in [5.41, 5.74) is 0.791. The maximum atomic E-state index is 12.3. The van der Waals surface area contributed by atoms with Crippen molar-refractivity contribution in [1.82, 2.24) is 0 Å². The van der Waals surface area contributed by atoms with Gasteiger partial charge in [-0.3, -0.25) is 4.79 Å². The van der Waals surface area contributed by atoms with Crippen molar-refractivity contribution in [2.24, 2.45) is 0 Å². The Morgan fingerprint density at radius 2 is 2.00 bits per heavy atom. The highest BCUT2D eigenvalue weighted by molar-refractivity contribution is 8.22. The molecule has 1 heterocycles. The van der Waals surface area contributed by atoms with Crippen molar-refractivity contribution in [3.8, 4) is 17.2 Å². The van der Waals surface area contributed by atoms with E-state index in [-0.39, 0.29) is 17.8 Å². The van der Waals surface area contributed by atoms with E-state index in [4.69, 9.17) is 31.2 Å². The minimum atomic E-state index is -0.607. The summed E-state index contributed by atoms with van der Waals surface area (Å²) >= 11 is 6.69. The molecule has 0 amide bonds. The number of Topliss-reactive ketones (excluding diaryl/α,β-unsaturated/α-hetero) is 1. The van der Waals surface area contributed by atoms with Gasteiger partial charge in [0.25, 0.3) is 0 Å². The van der Waals surface area contributed by atoms with Gasteiger partial charge in [0.05, 0.1) is 14.2 Å². The quantitative estimate of drug-likeness (QED) is 0.554. The molecule has 2 aliphatic rings. The molecule has 3 atom stereocenters. The molecule has 1 saturated carbocycles. The number of hydrogen-bond donors (Lipinski definition) is 0. The van der Waals surface area contributed by atoms with Crippen molar-refractivity contribution < 1.29 is 23.7 Å². The third-order valence-corrected chi connectivity index (χ3v) is 6.43. The molecule has 7 heteroatoms. The van der Waals surface area contributed by atoms with Crippen LogP contribution in [0.5, 0.6) is 17.2 Å². The van der Waals surface area contributed by atoms with Gasteiger partial charge in [-0.2, -0.15) is 0 Å². The zero-order valence-electron chi connectivity index (χ0n) is 15.7. The highest BCUT2D eigenvalue weighted by atomic mass is 32.2. The smallest absolute Gasteiger partial charge is 0.220 e. The monoisotopic (exact) mass is 396 g/mol. The highest BCUT2D eigenvalue weighted by Crippen LogP contribution is 2.58. The van der Waals surface area contributed by atoms with Gasteiger partial charge in [0.15, 0.2) is 5.78 Å². The lowest BCUT2D eigenvalue weighted by Gasteiger charge is -2.41. The molecule has 1 fully saturated rings. The first-order chi connectivity index (χ1) is 12.4. The van der Waals surface area contributed by atoms with Gasteiger partial charge < -0.3 is 18.9 Å². The van der Waals surface area contributed by atoms with E-state index in [0.717, 1.165) is 24.8 Å². The molecule has 0 bridgehead atoms. The molecule has 1 aromatic carbocycles. The number of thiocarbonyl (C=S) groups is 1. The predicted molar refractivity (Wildman–Crippen MR) is 106 cm³/mol. The first kappa shape index (κ1) is 19.3. The summed E-state index contributed by atoms with van der Waals surface area (Å²) in [4.78, 5) is 12.3. The third-order valence-electron chi connectivity index (χ3n) is 5.40. The second kappa shape index (κ2) is 7.27. The van der Waals surface area contributed by atoms with Crippen molar-refractivity contribution >= 4 is 34.1 Å². The summed E-state index contributed by atoms with van der Waals surface area (Å²) < 4.78 is 24.1. The minimum Gasteiger partial charge on any atom is -0.496 e. The van der Waals surface area contributed by atoms with Crippen molar-refractivity contribution in [3.63, 3.8) is 0 Å². The number of fused-ring (bicyclic) bond motifs is 3. The van der Waals surface area contributed by atoms with Gasteiger partial charge in [0, 0.05) is 17.5 Å². The molecule has 1 aliphatic heterocycles. The fourth-order valence-corrected chi connectivity index (χ4v) is 4.49. The average molecular weight is 397 g/mol. The summed E-state index contributed by atoms with van der Waals surface area (Å²) in [5.74, 6) is 1.68. The number of ether oxygens (including phenoxy) is 4. The summed E-state index contributed by atoms with van der Waals surface area (Å²) in [6.45, 7) is 3.56. The molecular weight excluding hydrogens is 372 g/mol. The van der Waals surface area contributed by atoms with Crippen molar-refractivity contribution in [2.45, 2.75) is 50.7 Å². The van der Waals surface area contributed by atoms with E-state index in [2.05, 4.69) is 0 Å². The number of hydrogen-bond acceptors (Lipinski definition) is 7. The second-order valence-electron chi connectivity index (χ2n) is 6.79. The minimum absolute atomic E-state index is 0.0693. The molecule has 0 spiro atoms. The van der Waals surface area contributed by atoms with E-state index < -0.39 is 5.60 Å². The van der Waals surface area contributed by atoms with Gasteiger partial charge in [-0.15, -0.1) is 0 Å². The first-order valence-electron chi connectivity index (χ1n) is 8.60. The van der Waals surface area contributed by atoms with Gasteiger partial charge in [0.2, 0.25) is 4.38 Å².